The molecule has 2 aromatic rings. The Bertz CT molecular complexity index is 2160. The molecule has 376 valence electrons. The zero-order valence-electron chi connectivity index (χ0n) is 40.6. The van der Waals surface area contributed by atoms with E-state index in [0.717, 1.165) is 10.5 Å². The highest BCUT2D eigenvalue weighted by Crippen LogP contribution is 2.26. The second kappa shape index (κ2) is 25.5. The van der Waals surface area contributed by atoms with E-state index in [1.54, 1.807) is 74.5 Å². The van der Waals surface area contributed by atoms with E-state index in [0.29, 0.717) is 5.56 Å². The number of hydrogen-bond donors (Lipinski definition) is 7. The first-order chi connectivity index (χ1) is 32.6. The number of hydrogen-bond acceptors (Lipinski definition) is 12. The Morgan fingerprint density at radius 3 is 2.00 bits per heavy atom. The summed E-state index contributed by atoms with van der Waals surface area (Å²) in [6.45, 7) is 14.6. The summed E-state index contributed by atoms with van der Waals surface area (Å²) in [6, 6.07) is 6.87. The first-order valence-corrected chi connectivity index (χ1v) is 23.2. The van der Waals surface area contributed by atoms with Crippen LogP contribution in [0.4, 0.5) is 4.79 Å². The van der Waals surface area contributed by atoms with Gasteiger partial charge in [-0.05, 0) is 69.4 Å². The molecule has 10 atom stereocenters. The maximum atomic E-state index is 14.7. The Labute approximate surface area is 403 Å². The molecule has 2 aliphatic heterocycles. The van der Waals surface area contributed by atoms with Gasteiger partial charge in [0.15, 0.2) is 0 Å². The number of aliphatic hydroxyl groups excluding tert-OH is 1. The number of nitrogens with zero attached hydrogens (tertiary/aromatic N) is 2. The van der Waals surface area contributed by atoms with Crippen LogP contribution in [0.25, 0.3) is 0 Å². The Morgan fingerprint density at radius 2 is 1.41 bits per heavy atom. The van der Waals surface area contributed by atoms with Crippen molar-refractivity contribution in [3.8, 4) is 0 Å². The maximum Gasteiger partial charge on any atom is 0.408 e. The summed E-state index contributed by atoms with van der Waals surface area (Å²) in [5.41, 5.74) is 1.39. The average Bonchev–Trinajstić information content (AvgIpc) is 3.30. The number of rotatable bonds is 14. The van der Waals surface area contributed by atoms with Gasteiger partial charge in [0, 0.05) is 13.5 Å². The van der Waals surface area contributed by atoms with E-state index in [2.05, 4.69) is 38.5 Å². The standard InChI is InChI=1S/C49H68N8O12/c1-10-17-34-43(61)53-35-22-23-38(58)57(46(35)64)37(24-27(2)3)47(65)56(9)36(25-32-18-13-11-14-19-32)44(62)54-39(28(4)5)48(66)69-31(8)40(45(63)52-34)55-42(60)29(6)50-41(59)30(7)51-49(67)68-26-33-20-15-12-16-21-33/h10-16,18-21,27-31,34-40,58H,1,17,22-26H2,2-9H3,(H,50,59)(H,51,67)(H,52,63)(H,53,61)(H,54,62)(H,55,60)/t29-,30?,31+,34-,35-,36-,37-,38+,39-,40-/m0/s1. The highest BCUT2D eigenvalue weighted by atomic mass is 16.6. The second-order valence-corrected chi connectivity index (χ2v) is 18.3. The number of ether oxygens (including phenoxy) is 2. The van der Waals surface area contributed by atoms with Crippen LogP contribution in [0, 0.1) is 11.8 Å². The summed E-state index contributed by atoms with van der Waals surface area (Å²) >= 11 is 0. The van der Waals surface area contributed by atoms with E-state index in [4.69, 9.17) is 9.47 Å². The molecule has 1 unspecified atom stereocenters. The van der Waals surface area contributed by atoms with Crippen molar-refractivity contribution in [3.05, 3.63) is 84.4 Å². The van der Waals surface area contributed by atoms with Crippen molar-refractivity contribution < 1.29 is 57.7 Å². The van der Waals surface area contributed by atoms with Gasteiger partial charge in [0.05, 0.1) is 0 Å². The fraction of sp³-hybridized carbons (Fsp3) is 0.531. The van der Waals surface area contributed by atoms with Gasteiger partial charge in [-0.15, -0.1) is 6.58 Å². The molecule has 2 bridgehead atoms. The smallest absolute Gasteiger partial charge is 0.408 e. The number of alkyl carbamates (subject to hydrolysis) is 1. The number of nitrogens with one attached hydrogen (secondary N) is 6. The van der Waals surface area contributed by atoms with Gasteiger partial charge >= 0.3 is 12.1 Å². The van der Waals surface area contributed by atoms with Crippen LogP contribution in [-0.2, 0) is 60.9 Å². The molecule has 0 aliphatic carbocycles. The van der Waals surface area contributed by atoms with Gasteiger partial charge in [-0.1, -0.05) is 94.4 Å². The summed E-state index contributed by atoms with van der Waals surface area (Å²) < 4.78 is 11.0. The van der Waals surface area contributed by atoms with Crippen LogP contribution in [0.15, 0.2) is 73.3 Å². The molecule has 0 radical (unpaired) electrons. The summed E-state index contributed by atoms with van der Waals surface area (Å²) in [5, 5.41) is 26.7. The molecule has 7 N–H and O–H groups in total. The number of piperidine rings is 1. The van der Waals surface area contributed by atoms with Crippen molar-refractivity contribution in [2.75, 3.05) is 7.05 Å². The molecule has 20 nitrogen and oxygen atoms in total. The molecular formula is C49H68N8O12. The fourth-order valence-electron chi connectivity index (χ4n) is 7.90. The highest BCUT2D eigenvalue weighted by molar-refractivity contribution is 5.98. The van der Waals surface area contributed by atoms with Gasteiger partial charge < -0.3 is 56.3 Å². The number of aliphatic hydroxyl groups is 1. The van der Waals surface area contributed by atoms with Crippen molar-refractivity contribution in [1.29, 1.82) is 0 Å². The van der Waals surface area contributed by atoms with E-state index in [9.17, 15) is 48.3 Å². The number of benzene rings is 2. The van der Waals surface area contributed by atoms with Crippen molar-refractivity contribution >= 4 is 53.4 Å². The third-order valence-corrected chi connectivity index (χ3v) is 11.9. The number of likely N-dealkylation sites (N-methyl/N-ethyl adjacent to an activating group) is 1. The van der Waals surface area contributed by atoms with Crippen LogP contribution in [-0.4, -0.2) is 136 Å². The molecule has 4 rings (SSSR count). The molecule has 2 fully saturated rings. The minimum absolute atomic E-state index is 0.0182. The number of cyclic esters (lactones) is 1. The first kappa shape index (κ1) is 54.8. The van der Waals surface area contributed by atoms with Gasteiger partial charge in [0.1, 0.15) is 67.3 Å². The predicted molar refractivity (Wildman–Crippen MR) is 252 cm³/mol. The van der Waals surface area contributed by atoms with E-state index in [1.165, 1.54) is 38.8 Å². The largest absolute Gasteiger partial charge is 0.458 e. The molecular weight excluding hydrogens is 893 g/mol. The monoisotopic (exact) mass is 960 g/mol. The molecule has 2 aromatic carbocycles. The molecule has 2 aliphatic rings. The Hall–Kier alpha value is -6.83. The van der Waals surface area contributed by atoms with Crippen LogP contribution in [0.1, 0.15) is 85.3 Å². The van der Waals surface area contributed by atoms with Crippen LogP contribution in [0.5, 0.6) is 0 Å². The van der Waals surface area contributed by atoms with E-state index < -0.39 is 120 Å². The maximum absolute atomic E-state index is 14.7. The Kier molecular flexibility index (Phi) is 20.3. The second-order valence-electron chi connectivity index (χ2n) is 18.3. The van der Waals surface area contributed by atoms with Gasteiger partial charge in [-0.25, -0.2) is 9.59 Å². The molecule has 0 aromatic heterocycles. The van der Waals surface area contributed by atoms with Gasteiger partial charge in [0.2, 0.25) is 41.4 Å². The number of carbonyl (C=O) groups is 9. The number of fused-ring (bicyclic) bond motifs is 2. The predicted octanol–water partition coefficient (Wildman–Crippen LogP) is 1.35. The number of carbonyl (C=O) groups excluding carboxylic acids is 9. The quantitative estimate of drug-likeness (QED) is 0.105. The summed E-state index contributed by atoms with van der Waals surface area (Å²) in [6.07, 6.45) is -2.63. The highest BCUT2D eigenvalue weighted by Gasteiger charge is 2.46. The summed E-state index contributed by atoms with van der Waals surface area (Å²) in [5.74, 6) is -7.55. The third kappa shape index (κ3) is 15.3. The summed E-state index contributed by atoms with van der Waals surface area (Å²) in [4.78, 5) is 128. The lowest BCUT2D eigenvalue weighted by molar-refractivity contribution is -0.166. The molecule has 2 heterocycles. The zero-order chi connectivity index (χ0) is 51.1. The molecule has 2 saturated heterocycles. The molecule has 0 saturated carbocycles. The van der Waals surface area contributed by atoms with Crippen molar-refractivity contribution in [2.45, 2.75) is 148 Å². The van der Waals surface area contributed by atoms with Crippen molar-refractivity contribution in [2.24, 2.45) is 11.8 Å². The van der Waals surface area contributed by atoms with Gasteiger partial charge in [-0.2, -0.15) is 0 Å². The topological polar surface area (TPSA) is 271 Å². The Balaban J connectivity index is 1.69. The average molecular weight is 961 g/mol. The van der Waals surface area contributed by atoms with E-state index >= 15 is 0 Å². The van der Waals surface area contributed by atoms with Crippen LogP contribution >= 0.6 is 0 Å². The fourth-order valence-corrected chi connectivity index (χ4v) is 7.90. The number of esters is 1. The van der Waals surface area contributed by atoms with Crippen molar-refractivity contribution in [1.82, 2.24) is 41.7 Å². The van der Waals surface area contributed by atoms with Crippen LogP contribution in [0.3, 0.4) is 0 Å². The first-order valence-electron chi connectivity index (χ1n) is 23.2. The van der Waals surface area contributed by atoms with E-state index in [-0.39, 0.29) is 44.6 Å². The third-order valence-electron chi connectivity index (χ3n) is 11.9. The van der Waals surface area contributed by atoms with Gasteiger partial charge in [0.25, 0.3) is 0 Å². The molecule has 20 heteroatoms. The molecule has 0 spiro atoms. The SMILES string of the molecule is C=CC[C@@H]1NC(=O)[C@@H](NC(=O)[C@H](C)NC(=O)C(C)NC(=O)OCc2ccccc2)[C@@H](C)OC(=O)[C@H](C(C)C)NC(=O)[C@H](Cc2ccccc2)N(C)C(=O)[C@H](CC(C)C)N2C(=O)[C@H](CC[C@H]2O)NC1=O. The van der Waals surface area contributed by atoms with Crippen LogP contribution < -0.4 is 31.9 Å². The zero-order valence-corrected chi connectivity index (χ0v) is 40.6. The minimum Gasteiger partial charge on any atom is -0.458 e. The van der Waals surface area contributed by atoms with Crippen molar-refractivity contribution in [3.63, 3.8) is 0 Å². The lowest BCUT2D eigenvalue weighted by Crippen LogP contribution is -2.65. The van der Waals surface area contributed by atoms with E-state index in [1.807, 2.05) is 13.8 Å². The lowest BCUT2D eigenvalue weighted by atomic mass is 9.94. The molecule has 69 heavy (non-hydrogen) atoms. The normalized spacial score (nSPS) is 25.1. The van der Waals surface area contributed by atoms with Crippen LogP contribution in [0.2, 0.25) is 0 Å². The summed E-state index contributed by atoms with van der Waals surface area (Å²) in [7, 11) is 1.41. The minimum atomic E-state index is -1.73. The molecule has 8 amide bonds. The Morgan fingerprint density at radius 1 is 0.797 bits per heavy atom. The van der Waals surface area contributed by atoms with Gasteiger partial charge in [-0.3, -0.25) is 33.6 Å². The lowest BCUT2D eigenvalue weighted by Gasteiger charge is -2.43. The number of amides is 8.